The van der Waals surface area contributed by atoms with Gasteiger partial charge in [0.15, 0.2) is 0 Å². The Morgan fingerprint density at radius 2 is 1.90 bits per heavy atom. The van der Waals surface area contributed by atoms with Crippen molar-refractivity contribution in [2.45, 2.75) is 50.2 Å². The fourth-order valence-electron chi connectivity index (χ4n) is 2.75. The molecule has 1 unspecified atom stereocenters. The molecule has 20 heavy (non-hydrogen) atoms. The number of nitrogens with two attached hydrogens (primary N) is 1. The number of amides is 1. The van der Waals surface area contributed by atoms with E-state index in [1.54, 1.807) is 0 Å². The first-order valence-electron chi connectivity index (χ1n) is 7.39. The summed E-state index contributed by atoms with van der Waals surface area (Å²) in [5.74, 6) is -0.121. The average Bonchev–Trinajstić information content (AvgIpc) is 2.46. The van der Waals surface area contributed by atoms with E-state index in [9.17, 15) is 9.90 Å². The molecule has 0 aromatic heterocycles. The third-order valence-corrected chi connectivity index (χ3v) is 4.01. The summed E-state index contributed by atoms with van der Waals surface area (Å²) >= 11 is 0. The van der Waals surface area contributed by atoms with E-state index in [4.69, 9.17) is 5.73 Å². The second-order valence-corrected chi connectivity index (χ2v) is 5.77. The standard InChI is InChI=1S/C16H24N2O2/c17-16(9-5-2-6-10-16)15(20)18-12-14(19)11-13-7-3-1-4-8-13/h1,3-4,7-8,14,19H,2,5-6,9-12,17H2,(H,18,20). The molecule has 1 aliphatic rings. The van der Waals surface area contributed by atoms with Crippen LogP contribution in [-0.4, -0.2) is 29.2 Å². The van der Waals surface area contributed by atoms with Crippen molar-refractivity contribution in [1.82, 2.24) is 5.32 Å². The van der Waals surface area contributed by atoms with Crippen LogP contribution in [0.25, 0.3) is 0 Å². The molecule has 110 valence electrons. The zero-order valence-corrected chi connectivity index (χ0v) is 11.8. The van der Waals surface area contributed by atoms with Crippen LogP contribution in [0.3, 0.4) is 0 Å². The molecule has 2 rings (SSSR count). The lowest BCUT2D eigenvalue weighted by atomic mass is 9.82. The van der Waals surface area contributed by atoms with E-state index in [1.807, 2.05) is 30.3 Å². The van der Waals surface area contributed by atoms with Crippen LogP contribution in [0.15, 0.2) is 30.3 Å². The molecule has 0 bridgehead atoms. The molecule has 4 heteroatoms. The molecular weight excluding hydrogens is 252 g/mol. The minimum atomic E-state index is -0.731. The molecule has 1 fully saturated rings. The third kappa shape index (κ3) is 4.05. The van der Waals surface area contributed by atoms with Crippen LogP contribution in [0.2, 0.25) is 0 Å². The lowest BCUT2D eigenvalue weighted by molar-refractivity contribution is -0.128. The summed E-state index contributed by atoms with van der Waals surface area (Å²) in [6.07, 6.45) is 4.63. The van der Waals surface area contributed by atoms with Gasteiger partial charge >= 0.3 is 0 Å². The zero-order valence-electron chi connectivity index (χ0n) is 11.8. The van der Waals surface area contributed by atoms with Gasteiger partial charge in [-0.1, -0.05) is 49.6 Å². The van der Waals surface area contributed by atoms with Gasteiger partial charge in [-0.2, -0.15) is 0 Å². The smallest absolute Gasteiger partial charge is 0.240 e. The molecular formula is C16H24N2O2. The van der Waals surface area contributed by atoms with Crippen molar-refractivity contribution < 1.29 is 9.90 Å². The van der Waals surface area contributed by atoms with Crippen molar-refractivity contribution in [2.24, 2.45) is 5.73 Å². The molecule has 4 nitrogen and oxygen atoms in total. The Balaban J connectivity index is 1.78. The number of carbonyl (C=O) groups excluding carboxylic acids is 1. The van der Waals surface area contributed by atoms with Crippen molar-refractivity contribution in [3.8, 4) is 0 Å². The topological polar surface area (TPSA) is 75.4 Å². The number of aliphatic hydroxyl groups is 1. The molecule has 1 aromatic rings. The highest BCUT2D eigenvalue weighted by Crippen LogP contribution is 2.25. The summed E-state index contributed by atoms with van der Waals surface area (Å²) in [7, 11) is 0. The highest BCUT2D eigenvalue weighted by atomic mass is 16.3. The van der Waals surface area contributed by atoms with Gasteiger partial charge in [0.2, 0.25) is 5.91 Å². The minimum Gasteiger partial charge on any atom is -0.391 e. The summed E-state index contributed by atoms with van der Waals surface area (Å²) in [5.41, 5.74) is 6.48. The molecule has 0 spiro atoms. The SMILES string of the molecule is NC1(C(=O)NCC(O)Cc2ccccc2)CCCCC1. The monoisotopic (exact) mass is 276 g/mol. The molecule has 1 aliphatic carbocycles. The van der Waals surface area contributed by atoms with Crippen LogP contribution in [0.1, 0.15) is 37.7 Å². The van der Waals surface area contributed by atoms with Gasteiger partial charge in [-0.25, -0.2) is 0 Å². The average molecular weight is 276 g/mol. The summed E-state index contributed by atoms with van der Waals surface area (Å²) in [4.78, 5) is 12.1. The van der Waals surface area contributed by atoms with Crippen molar-refractivity contribution in [3.63, 3.8) is 0 Å². The van der Waals surface area contributed by atoms with Gasteiger partial charge in [0, 0.05) is 13.0 Å². The summed E-state index contributed by atoms with van der Waals surface area (Å²) in [6.45, 7) is 0.257. The second-order valence-electron chi connectivity index (χ2n) is 5.77. The number of rotatable bonds is 5. The maximum absolute atomic E-state index is 12.1. The summed E-state index contributed by atoms with van der Waals surface area (Å²) in [5, 5.41) is 12.8. The van der Waals surface area contributed by atoms with Gasteiger partial charge in [-0.05, 0) is 18.4 Å². The highest BCUT2D eigenvalue weighted by molar-refractivity contribution is 5.86. The van der Waals surface area contributed by atoms with Crippen molar-refractivity contribution in [3.05, 3.63) is 35.9 Å². The number of benzene rings is 1. The van der Waals surface area contributed by atoms with Crippen LogP contribution in [0.5, 0.6) is 0 Å². The number of nitrogens with one attached hydrogen (secondary N) is 1. The first kappa shape index (κ1) is 15.0. The second kappa shape index (κ2) is 6.86. The van der Waals surface area contributed by atoms with E-state index >= 15 is 0 Å². The van der Waals surface area contributed by atoms with Gasteiger partial charge in [0.05, 0.1) is 11.6 Å². The number of hydrogen-bond acceptors (Lipinski definition) is 3. The normalized spacial score (nSPS) is 19.3. The minimum absolute atomic E-state index is 0.121. The fraction of sp³-hybridized carbons (Fsp3) is 0.562. The molecule has 0 aliphatic heterocycles. The van der Waals surface area contributed by atoms with Gasteiger partial charge in [-0.15, -0.1) is 0 Å². The summed E-state index contributed by atoms with van der Waals surface area (Å²) < 4.78 is 0. The van der Waals surface area contributed by atoms with E-state index in [1.165, 1.54) is 0 Å². The van der Waals surface area contributed by atoms with Crippen molar-refractivity contribution in [2.75, 3.05) is 6.54 Å². The summed E-state index contributed by atoms with van der Waals surface area (Å²) in [6, 6.07) is 9.77. The molecule has 0 radical (unpaired) electrons. The van der Waals surface area contributed by atoms with Gasteiger partial charge in [0.25, 0.3) is 0 Å². The zero-order chi connectivity index (χ0) is 14.4. The van der Waals surface area contributed by atoms with E-state index in [0.717, 1.165) is 37.7 Å². The van der Waals surface area contributed by atoms with Crippen LogP contribution >= 0.6 is 0 Å². The van der Waals surface area contributed by atoms with Crippen LogP contribution in [0.4, 0.5) is 0 Å². The third-order valence-electron chi connectivity index (χ3n) is 4.01. The van der Waals surface area contributed by atoms with Crippen molar-refractivity contribution >= 4 is 5.91 Å². The largest absolute Gasteiger partial charge is 0.391 e. The Bertz CT molecular complexity index is 427. The predicted molar refractivity (Wildman–Crippen MR) is 79.2 cm³/mol. The Morgan fingerprint density at radius 1 is 1.25 bits per heavy atom. The van der Waals surface area contributed by atoms with E-state index in [2.05, 4.69) is 5.32 Å². The first-order valence-corrected chi connectivity index (χ1v) is 7.39. The maximum atomic E-state index is 12.1. The molecule has 0 heterocycles. The van der Waals surface area contributed by atoms with Crippen molar-refractivity contribution in [1.29, 1.82) is 0 Å². The molecule has 0 saturated heterocycles. The Kier molecular flexibility index (Phi) is 5.15. The number of hydrogen-bond donors (Lipinski definition) is 3. The van der Waals surface area contributed by atoms with Gasteiger partial charge in [0.1, 0.15) is 0 Å². The Labute approximate surface area is 120 Å². The quantitative estimate of drug-likeness (QED) is 0.760. The first-order chi connectivity index (χ1) is 9.60. The molecule has 4 N–H and O–H groups in total. The van der Waals surface area contributed by atoms with E-state index < -0.39 is 11.6 Å². The molecule has 1 amide bonds. The number of carbonyl (C=O) groups is 1. The molecule has 1 atom stereocenters. The highest BCUT2D eigenvalue weighted by Gasteiger charge is 2.35. The number of aliphatic hydroxyl groups excluding tert-OH is 1. The van der Waals surface area contributed by atoms with Crippen LogP contribution in [0, 0.1) is 0 Å². The lowest BCUT2D eigenvalue weighted by Crippen LogP contribution is -2.56. The van der Waals surface area contributed by atoms with E-state index in [0.29, 0.717) is 6.42 Å². The van der Waals surface area contributed by atoms with E-state index in [-0.39, 0.29) is 12.5 Å². The van der Waals surface area contributed by atoms with Gasteiger partial charge < -0.3 is 16.2 Å². The molecule has 1 aromatic carbocycles. The lowest BCUT2D eigenvalue weighted by Gasteiger charge is -2.32. The van der Waals surface area contributed by atoms with Gasteiger partial charge in [-0.3, -0.25) is 4.79 Å². The maximum Gasteiger partial charge on any atom is 0.240 e. The van der Waals surface area contributed by atoms with Crippen LogP contribution < -0.4 is 11.1 Å². The Morgan fingerprint density at radius 3 is 2.55 bits per heavy atom. The van der Waals surface area contributed by atoms with Crippen LogP contribution in [-0.2, 0) is 11.2 Å². The molecule has 1 saturated carbocycles. The Hall–Kier alpha value is -1.39. The predicted octanol–water partition coefficient (Wildman–Crippen LogP) is 1.37. The fourth-order valence-corrected chi connectivity index (χ4v) is 2.75.